The molecule has 0 unspecified atom stereocenters. The van der Waals surface area contributed by atoms with Crippen LogP contribution < -0.4 is 10.1 Å². The Morgan fingerprint density at radius 2 is 1.72 bits per heavy atom. The van der Waals surface area contributed by atoms with Crippen LogP contribution >= 0.6 is 0 Å². The van der Waals surface area contributed by atoms with E-state index in [0.717, 1.165) is 17.8 Å². The summed E-state index contributed by atoms with van der Waals surface area (Å²) in [7, 11) is -2.19. The molecule has 1 aromatic rings. The number of carbonyl (C=O) groups is 1. The van der Waals surface area contributed by atoms with Gasteiger partial charge in [0.05, 0.1) is 30.8 Å². The number of hydrogen-bond donors (Lipinski definition) is 1. The number of sulfonamides is 1. The molecule has 1 aromatic carbocycles. The first-order valence-corrected chi connectivity index (χ1v) is 13.3. The molecular weight excluding hydrogens is 428 g/mol. The van der Waals surface area contributed by atoms with Crippen molar-refractivity contribution in [2.24, 2.45) is 23.2 Å². The fourth-order valence-corrected chi connectivity index (χ4v) is 8.53. The van der Waals surface area contributed by atoms with E-state index in [1.54, 1.807) is 6.07 Å². The third-order valence-corrected chi connectivity index (χ3v) is 10.3. The van der Waals surface area contributed by atoms with Crippen LogP contribution in [0.5, 0.6) is 5.75 Å². The zero-order valence-corrected chi connectivity index (χ0v) is 19.8. The highest BCUT2D eigenvalue weighted by atomic mass is 32.2. The van der Waals surface area contributed by atoms with Gasteiger partial charge in [0.1, 0.15) is 5.75 Å². The Morgan fingerprint density at radius 3 is 2.28 bits per heavy atom. The van der Waals surface area contributed by atoms with Gasteiger partial charge in [-0.1, -0.05) is 0 Å². The quantitative estimate of drug-likeness (QED) is 0.702. The topological polar surface area (TPSA) is 84.9 Å². The van der Waals surface area contributed by atoms with E-state index in [9.17, 15) is 13.2 Å². The number of nitrogens with one attached hydrogen (secondary N) is 1. The van der Waals surface area contributed by atoms with Gasteiger partial charge in [0.15, 0.2) is 0 Å². The molecule has 4 saturated carbocycles. The fraction of sp³-hybridized carbons (Fsp3) is 0.708. The minimum absolute atomic E-state index is 0.0487. The molecule has 0 spiro atoms. The predicted molar refractivity (Wildman–Crippen MR) is 120 cm³/mol. The zero-order chi connectivity index (χ0) is 22.5. The van der Waals surface area contributed by atoms with Crippen molar-refractivity contribution >= 4 is 15.9 Å². The lowest BCUT2D eigenvalue weighted by Crippen LogP contribution is -2.55. The lowest BCUT2D eigenvalue weighted by molar-refractivity contribution is -0.0688. The summed E-state index contributed by atoms with van der Waals surface area (Å²) in [5.41, 5.74) is 0.452. The number of methoxy groups -OCH3 is 1. The molecule has 1 atom stereocenters. The van der Waals surface area contributed by atoms with Gasteiger partial charge in [0.25, 0.3) is 5.91 Å². The third kappa shape index (κ3) is 3.84. The van der Waals surface area contributed by atoms with Crippen LogP contribution in [0.1, 0.15) is 55.8 Å². The largest absolute Gasteiger partial charge is 0.496 e. The summed E-state index contributed by atoms with van der Waals surface area (Å²) in [5.74, 6) is 2.54. The molecule has 7 nitrogen and oxygen atoms in total. The van der Waals surface area contributed by atoms with E-state index in [4.69, 9.17) is 9.47 Å². The fourth-order valence-electron chi connectivity index (χ4n) is 7.10. The predicted octanol–water partition coefficient (Wildman–Crippen LogP) is 3.05. The Hall–Kier alpha value is -1.64. The van der Waals surface area contributed by atoms with E-state index in [1.165, 1.54) is 62.1 Å². The van der Waals surface area contributed by atoms with Crippen LogP contribution in [-0.4, -0.2) is 58.1 Å². The highest BCUT2D eigenvalue weighted by Gasteiger charge is 2.53. The second kappa shape index (κ2) is 8.29. The standard InChI is InChI=1S/C24H34N2O5S/c1-16(24-13-17-9-18(14-24)11-19(10-17)15-24)25-23(27)21-12-20(3-4-22(21)30-2)32(28,29)26-5-7-31-8-6-26/h3-4,12,16-19H,5-11,13-15H2,1-2H3,(H,25,27)/t16-,17?,18?,19?,24?/m0/s1. The smallest absolute Gasteiger partial charge is 0.255 e. The van der Waals surface area contributed by atoms with Crippen LogP contribution in [0.15, 0.2) is 23.1 Å². The number of carbonyl (C=O) groups excluding carboxylic acids is 1. The van der Waals surface area contributed by atoms with Gasteiger partial charge in [0.2, 0.25) is 10.0 Å². The molecule has 176 valence electrons. The summed E-state index contributed by atoms with van der Waals surface area (Å²) in [4.78, 5) is 13.5. The molecule has 5 fully saturated rings. The van der Waals surface area contributed by atoms with Gasteiger partial charge in [-0.3, -0.25) is 4.79 Å². The molecule has 8 heteroatoms. The number of benzene rings is 1. The maximum absolute atomic E-state index is 13.4. The summed E-state index contributed by atoms with van der Waals surface area (Å²) < 4.78 is 38.3. The molecule has 5 aliphatic rings. The average Bonchev–Trinajstić information content (AvgIpc) is 2.78. The Kier molecular flexibility index (Phi) is 5.75. The van der Waals surface area contributed by atoms with Gasteiger partial charge in [-0.25, -0.2) is 8.42 Å². The molecule has 1 aliphatic heterocycles. The van der Waals surface area contributed by atoms with Crippen LogP contribution in [0.2, 0.25) is 0 Å². The molecule has 1 saturated heterocycles. The molecule has 1 heterocycles. The number of morpholine rings is 1. The van der Waals surface area contributed by atoms with E-state index in [1.807, 2.05) is 0 Å². The van der Waals surface area contributed by atoms with Crippen molar-refractivity contribution < 1.29 is 22.7 Å². The molecular formula is C24H34N2O5S. The molecule has 4 bridgehead atoms. The normalized spacial score (nSPS) is 33.1. The summed E-state index contributed by atoms with van der Waals surface area (Å²) in [6.07, 6.45) is 7.66. The molecule has 1 N–H and O–H groups in total. The number of ether oxygens (including phenoxy) is 2. The first kappa shape index (κ1) is 22.2. The molecule has 6 rings (SSSR count). The molecule has 0 radical (unpaired) electrons. The highest BCUT2D eigenvalue weighted by Crippen LogP contribution is 2.61. The summed E-state index contributed by atoms with van der Waals surface area (Å²) >= 11 is 0. The van der Waals surface area contributed by atoms with Crippen LogP contribution in [0.25, 0.3) is 0 Å². The van der Waals surface area contributed by atoms with Gasteiger partial charge < -0.3 is 14.8 Å². The highest BCUT2D eigenvalue weighted by molar-refractivity contribution is 7.89. The second-order valence-electron chi connectivity index (χ2n) is 10.4. The Morgan fingerprint density at radius 1 is 1.12 bits per heavy atom. The maximum atomic E-state index is 13.4. The van der Waals surface area contributed by atoms with E-state index in [-0.39, 0.29) is 27.8 Å². The number of rotatable bonds is 6. The average molecular weight is 463 g/mol. The summed E-state index contributed by atoms with van der Waals surface area (Å²) in [6.45, 7) is 3.53. The van der Waals surface area contributed by atoms with Crippen molar-refractivity contribution in [3.05, 3.63) is 23.8 Å². The Bertz CT molecular complexity index is 951. The van der Waals surface area contributed by atoms with Crippen molar-refractivity contribution in [1.82, 2.24) is 9.62 Å². The monoisotopic (exact) mass is 462 g/mol. The van der Waals surface area contributed by atoms with Crippen molar-refractivity contribution in [3.8, 4) is 5.75 Å². The SMILES string of the molecule is COc1ccc(S(=O)(=O)N2CCOCC2)cc1C(=O)N[C@@H](C)C12CC3CC(CC(C3)C1)C2. The van der Waals surface area contributed by atoms with E-state index >= 15 is 0 Å². The van der Waals surface area contributed by atoms with Crippen LogP contribution in [0.4, 0.5) is 0 Å². The number of nitrogens with zero attached hydrogens (tertiary/aromatic N) is 1. The lowest BCUT2D eigenvalue weighted by atomic mass is 9.48. The van der Waals surface area contributed by atoms with Gasteiger partial charge >= 0.3 is 0 Å². The van der Waals surface area contributed by atoms with Crippen LogP contribution in [0.3, 0.4) is 0 Å². The third-order valence-electron chi connectivity index (χ3n) is 8.38. The lowest BCUT2D eigenvalue weighted by Gasteiger charge is -2.59. The first-order chi connectivity index (χ1) is 15.3. The zero-order valence-electron chi connectivity index (χ0n) is 19.0. The minimum Gasteiger partial charge on any atom is -0.496 e. The Balaban J connectivity index is 1.38. The van der Waals surface area contributed by atoms with Crippen molar-refractivity contribution in [2.75, 3.05) is 33.4 Å². The minimum atomic E-state index is -3.69. The van der Waals surface area contributed by atoms with E-state index < -0.39 is 10.0 Å². The van der Waals surface area contributed by atoms with Crippen LogP contribution in [-0.2, 0) is 14.8 Å². The molecule has 4 aliphatic carbocycles. The second-order valence-corrected chi connectivity index (χ2v) is 12.3. The van der Waals surface area contributed by atoms with Gasteiger partial charge in [-0.2, -0.15) is 4.31 Å². The van der Waals surface area contributed by atoms with Crippen molar-refractivity contribution in [3.63, 3.8) is 0 Å². The molecule has 32 heavy (non-hydrogen) atoms. The molecule has 1 amide bonds. The van der Waals surface area contributed by atoms with E-state index in [0.29, 0.717) is 32.1 Å². The summed E-state index contributed by atoms with van der Waals surface area (Å²) in [6, 6.07) is 4.61. The van der Waals surface area contributed by atoms with Gasteiger partial charge in [-0.05, 0) is 86.8 Å². The van der Waals surface area contributed by atoms with Crippen molar-refractivity contribution in [2.45, 2.75) is 56.4 Å². The molecule has 0 aromatic heterocycles. The maximum Gasteiger partial charge on any atom is 0.255 e. The van der Waals surface area contributed by atoms with Gasteiger partial charge in [0, 0.05) is 19.1 Å². The van der Waals surface area contributed by atoms with Gasteiger partial charge in [-0.15, -0.1) is 0 Å². The number of hydrogen-bond acceptors (Lipinski definition) is 5. The van der Waals surface area contributed by atoms with Crippen LogP contribution in [0, 0.1) is 23.2 Å². The first-order valence-electron chi connectivity index (χ1n) is 11.9. The van der Waals surface area contributed by atoms with Crippen molar-refractivity contribution in [1.29, 1.82) is 0 Å². The Labute approximate surface area is 190 Å². The van der Waals surface area contributed by atoms with E-state index in [2.05, 4.69) is 12.2 Å². The summed E-state index contributed by atoms with van der Waals surface area (Å²) in [5, 5.41) is 3.24. The number of amides is 1.